The van der Waals surface area contributed by atoms with E-state index in [1.165, 1.54) is 5.56 Å². The zero-order valence-corrected chi connectivity index (χ0v) is 14.4. The van der Waals surface area contributed by atoms with Gasteiger partial charge in [0.2, 0.25) is 0 Å². The van der Waals surface area contributed by atoms with Gasteiger partial charge in [-0.15, -0.1) is 0 Å². The van der Waals surface area contributed by atoms with Crippen LogP contribution in [-0.4, -0.2) is 12.6 Å². The lowest BCUT2D eigenvalue weighted by molar-refractivity contribution is 0.0526. The number of nitrogens with one attached hydrogen (secondary N) is 1. The van der Waals surface area contributed by atoms with Crippen molar-refractivity contribution in [3.8, 4) is 0 Å². The predicted molar refractivity (Wildman–Crippen MR) is 91.8 cm³/mol. The van der Waals surface area contributed by atoms with Gasteiger partial charge in [-0.1, -0.05) is 40.2 Å². The largest absolute Gasteiger partial charge is 0.462 e. The SMILES string of the molecule is CCOC(=O)c1cccc([C@H](C)NCc2cccc(Br)c2)c1. The molecule has 3 nitrogen and oxygen atoms in total. The summed E-state index contributed by atoms with van der Waals surface area (Å²) in [5, 5.41) is 3.47. The van der Waals surface area contributed by atoms with Crippen LogP contribution in [0.4, 0.5) is 0 Å². The number of benzene rings is 2. The van der Waals surface area contributed by atoms with Crippen LogP contribution in [0.15, 0.2) is 53.0 Å². The van der Waals surface area contributed by atoms with Crippen LogP contribution >= 0.6 is 15.9 Å². The summed E-state index contributed by atoms with van der Waals surface area (Å²) in [6, 6.07) is 15.9. The summed E-state index contributed by atoms with van der Waals surface area (Å²) in [7, 11) is 0. The van der Waals surface area contributed by atoms with Gasteiger partial charge in [0.05, 0.1) is 12.2 Å². The van der Waals surface area contributed by atoms with E-state index in [9.17, 15) is 4.79 Å². The second kappa shape index (κ2) is 8.11. The molecule has 0 heterocycles. The molecule has 2 aromatic carbocycles. The quantitative estimate of drug-likeness (QED) is 0.771. The molecule has 116 valence electrons. The summed E-state index contributed by atoms with van der Waals surface area (Å²) in [5.41, 5.74) is 2.87. The third kappa shape index (κ3) is 4.68. The molecule has 0 amide bonds. The molecule has 0 radical (unpaired) electrons. The highest BCUT2D eigenvalue weighted by molar-refractivity contribution is 9.10. The third-order valence-corrected chi connectivity index (χ3v) is 3.89. The van der Waals surface area contributed by atoms with Crippen LogP contribution in [0.1, 0.15) is 41.4 Å². The van der Waals surface area contributed by atoms with Gasteiger partial charge in [0, 0.05) is 17.1 Å². The first-order valence-corrected chi connectivity index (χ1v) is 8.14. The number of ether oxygens (including phenoxy) is 1. The first-order chi connectivity index (χ1) is 10.6. The molecule has 0 saturated carbocycles. The average molecular weight is 362 g/mol. The van der Waals surface area contributed by atoms with Gasteiger partial charge in [-0.2, -0.15) is 0 Å². The standard InChI is InChI=1S/C18H20BrNO2/c1-3-22-18(21)16-8-5-7-15(11-16)13(2)20-12-14-6-4-9-17(19)10-14/h4-11,13,20H,3,12H2,1-2H3/t13-/m0/s1. The molecule has 0 bridgehead atoms. The maximum Gasteiger partial charge on any atom is 0.338 e. The van der Waals surface area contributed by atoms with Crippen LogP contribution in [-0.2, 0) is 11.3 Å². The van der Waals surface area contributed by atoms with Crippen LogP contribution in [0.2, 0.25) is 0 Å². The first kappa shape index (κ1) is 16.7. The van der Waals surface area contributed by atoms with Crippen molar-refractivity contribution in [2.45, 2.75) is 26.4 Å². The Morgan fingerprint density at radius 1 is 1.23 bits per heavy atom. The fourth-order valence-electron chi connectivity index (χ4n) is 2.19. The van der Waals surface area contributed by atoms with Crippen molar-refractivity contribution in [2.75, 3.05) is 6.61 Å². The Kier molecular flexibility index (Phi) is 6.16. The highest BCUT2D eigenvalue weighted by Gasteiger charge is 2.10. The second-order valence-electron chi connectivity index (χ2n) is 5.08. The molecule has 0 aliphatic heterocycles. The highest BCUT2D eigenvalue weighted by Crippen LogP contribution is 2.17. The molecule has 0 saturated heterocycles. The highest BCUT2D eigenvalue weighted by atomic mass is 79.9. The van der Waals surface area contributed by atoms with Crippen molar-refractivity contribution < 1.29 is 9.53 Å². The number of hydrogen-bond donors (Lipinski definition) is 1. The zero-order valence-electron chi connectivity index (χ0n) is 12.8. The molecule has 1 N–H and O–H groups in total. The molecule has 0 aliphatic rings. The van der Waals surface area contributed by atoms with Crippen LogP contribution in [0.25, 0.3) is 0 Å². The van der Waals surface area contributed by atoms with Gasteiger partial charge in [-0.25, -0.2) is 4.79 Å². The third-order valence-electron chi connectivity index (χ3n) is 3.40. The van der Waals surface area contributed by atoms with Gasteiger partial charge in [0.25, 0.3) is 0 Å². The van der Waals surface area contributed by atoms with Crippen molar-refractivity contribution >= 4 is 21.9 Å². The maximum absolute atomic E-state index is 11.8. The minimum Gasteiger partial charge on any atom is -0.462 e. The number of esters is 1. The molecule has 0 fully saturated rings. The molecule has 0 aliphatic carbocycles. The smallest absolute Gasteiger partial charge is 0.338 e. The number of rotatable bonds is 6. The van der Waals surface area contributed by atoms with E-state index < -0.39 is 0 Å². The number of halogens is 1. The van der Waals surface area contributed by atoms with Crippen LogP contribution in [0.3, 0.4) is 0 Å². The van der Waals surface area contributed by atoms with Crippen molar-refractivity contribution in [3.63, 3.8) is 0 Å². The lowest BCUT2D eigenvalue weighted by Crippen LogP contribution is -2.18. The van der Waals surface area contributed by atoms with E-state index in [1.54, 1.807) is 6.07 Å². The van der Waals surface area contributed by atoms with Crippen molar-refractivity contribution in [3.05, 3.63) is 69.7 Å². The molecule has 4 heteroatoms. The van der Waals surface area contributed by atoms with Gasteiger partial charge >= 0.3 is 5.97 Å². The topological polar surface area (TPSA) is 38.3 Å². The molecule has 2 aromatic rings. The number of carbonyl (C=O) groups excluding carboxylic acids is 1. The summed E-state index contributed by atoms with van der Waals surface area (Å²) in [6.07, 6.45) is 0. The van der Waals surface area contributed by atoms with E-state index in [4.69, 9.17) is 4.74 Å². The summed E-state index contributed by atoms with van der Waals surface area (Å²) < 4.78 is 6.11. The molecule has 0 spiro atoms. The average Bonchev–Trinajstić information content (AvgIpc) is 2.53. The number of carbonyl (C=O) groups is 1. The monoisotopic (exact) mass is 361 g/mol. The van der Waals surface area contributed by atoms with E-state index in [1.807, 2.05) is 37.3 Å². The molecule has 22 heavy (non-hydrogen) atoms. The molecule has 2 rings (SSSR count). The fraction of sp³-hybridized carbons (Fsp3) is 0.278. The fourth-order valence-corrected chi connectivity index (χ4v) is 2.63. The normalized spacial score (nSPS) is 12.0. The molecule has 0 aromatic heterocycles. The Hall–Kier alpha value is -1.65. The Labute approximate surface area is 139 Å². The maximum atomic E-state index is 11.8. The van der Waals surface area contributed by atoms with Gasteiger partial charge < -0.3 is 10.1 Å². The van der Waals surface area contributed by atoms with Crippen LogP contribution < -0.4 is 5.32 Å². The van der Waals surface area contributed by atoms with Gasteiger partial charge in [-0.05, 0) is 49.2 Å². The molecule has 0 unspecified atom stereocenters. The summed E-state index contributed by atoms with van der Waals surface area (Å²) in [4.78, 5) is 11.8. The predicted octanol–water partition coefficient (Wildman–Crippen LogP) is 4.48. The Balaban J connectivity index is 2.01. The summed E-state index contributed by atoms with van der Waals surface area (Å²) >= 11 is 3.48. The van der Waals surface area contributed by atoms with Crippen molar-refractivity contribution in [2.24, 2.45) is 0 Å². The van der Waals surface area contributed by atoms with Crippen molar-refractivity contribution in [1.82, 2.24) is 5.32 Å². The van der Waals surface area contributed by atoms with E-state index >= 15 is 0 Å². The first-order valence-electron chi connectivity index (χ1n) is 7.35. The minimum absolute atomic E-state index is 0.147. The van der Waals surface area contributed by atoms with Crippen LogP contribution in [0.5, 0.6) is 0 Å². The van der Waals surface area contributed by atoms with E-state index in [0.717, 1.165) is 16.6 Å². The number of hydrogen-bond acceptors (Lipinski definition) is 3. The Morgan fingerprint density at radius 3 is 2.73 bits per heavy atom. The molecule has 1 atom stereocenters. The Bertz CT molecular complexity index is 642. The lowest BCUT2D eigenvalue weighted by atomic mass is 10.0. The summed E-state index contributed by atoms with van der Waals surface area (Å²) in [6.45, 7) is 5.05. The second-order valence-corrected chi connectivity index (χ2v) is 5.99. The van der Waals surface area contributed by atoms with Gasteiger partial charge in [0.15, 0.2) is 0 Å². The molecular weight excluding hydrogens is 342 g/mol. The zero-order chi connectivity index (χ0) is 15.9. The van der Waals surface area contributed by atoms with Gasteiger partial charge in [0.1, 0.15) is 0 Å². The van der Waals surface area contributed by atoms with Gasteiger partial charge in [-0.3, -0.25) is 0 Å². The van der Waals surface area contributed by atoms with E-state index in [2.05, 4.69) is 40.3 Å². The van der Waals surface area contributed by atoms with Crippen molar-refractivity contribution in [1.29, 1.82) is 0 Å². The summed E-state index contributed by atoms with van der Waals surface area (Å²) in [5.74, 6) is -0.275. The minimum atomic E-state index is -0.275. The van der Waals surface area contributed by atoms with E-state index in [-0.39, 0.29) is 12.0 Å². The molecular formula is C18H20BrNO2. The van der Waals surface area contributed by atoms with Crippen LogP contribution in [0, 0.1) is 0 Å². The lowest BCUT2D eigenvalue weighted by Gasteiger charge is -2.15. The Morgan fingerprint density at radius 2 is 2.00 bits per heavy atom. The van der Waals surface area contributed by atoms with E-state index in [0.29, 0.717) is 12.2 Å².